The number of fused-ring (bicyclic) bond motifs is 21. The lowest BCUT2D eigenvalue weighted by atomic mass is 9.96. The van der Waals surface area contributed by atoms with Crippen molar-refractivity contribution in [1.82, 2.24) is 69.8 Å². The molecule has 14 heteroatoms. The summed E-state index contributed by atoms with van der Waals surface area (Å²) in [6.07, 6.45) is 24.2. The van der Waals surface area contributed by atoms with E-state index in [0.29, 0.717) is 0 Å². The van der Waals surface area contributed by atoms with Crippen molar-refractivity contribution in [2.24, 2.45) is 0 Å². The summed E-state index contributed by atoms with van der Waals surface area (Å²) in [4.78, 5) is 63.5. The highest BCUT2D eigenvalue weighted by molar-refractivity contribution is 5.86. The van der Waals surface area contributed by atoms with Gasteiger partial charge in [0.1, 0.15) is 0 Å². The Kier molecular flexibility index (Phi) is 21.5. The molecule has 14 aromatic rings. The fourth-order valence-corrected chi connectivity index (χ4v) is 18.2. The molecule has 0 aromatic carbocycles. The lowest BCUT2D eigenvalue weighted by Crippen LogP contribution is -1.98. The van der Waals surface area contributed by atoms with Crippen molar-refractivity contribution in [2.75, 3.05) is 0 Å². The SMILES string of the molecule is Cc1ccc2c(n1)Cc1c(C)nc(C)c(C)c1-2.Cc1ccc2c(n1)Cc1cnc(C)c(C)c1-2.Cc1ccnc2c1-c1c(C)c(C)nc(C)c1C2.Cc1ccnc2c1-c1c(cnc(C)c1C)C2.Cc1cnc2c(c1)-c1c(C)c(C)nc(C)c1C2.Cc1cnc2c(c1)-c1c(cnc(C)c1C)C2.Cc1cnc2c(c1C)-c1c(cnc(C)c1C)C2. The Morgan fingerprint density at radius 1 is 0.198 bits per heavy atom. The normalized spacial score (nSPS) is 12.5. The first-order chi connectivity index (χ1) is 55.3. The summed E-state index contributed by atoms with van der Waals surface area (Å²) in [5.74, 6) is 0. The molecule has 21 rings (SSSR count). The first kappa shape index (κ1) is 79.3. The van der Waals surface area contributed by atoms with Crippen molar-refractivity contribution in [3.05, 3.63) is 324 Å². The summed E-state index contributed by atoms with van der Waals surface area (Å²) >= 11 is 0. The summed E-state index contributed by atoms with van der Waals surface area (Å²) in [6.45, 7) is 52.9. The Morgan fingerprint density at radius 2 is 0.517 bits per heavy atom. The van der Waals surface area contributed by atoms with Gasteiger partial charge in [0.05, 0.1) is 39.9 Å². The molecule has 7 aliphatic carbocycles. The lowest BCUT2D eigenvalue weighted by Gasteiger charge is -2.11. The smallest absolute Gasteiger partial charge is 0.0529 e. The highest BCUT2D eigenvalue weighted by Crippen LogP contribution is 2.47. The first-order valence-electron chi connectivity index (χ1n) is 40.8. The van der Waals surface area contributed by atoms with Crippen LogP contribution in [0, 0.1) is 173 Å². The van der Waals surface area contributed by atoms with Gasteiger partial charge in [-0.25, -0.2) is 0 Å². The molecule has 0 amide bonds. The number of hydrogen-bond donors (Lipinski definition) is 0. The van der Waals surface area contributed by atoms with Crippen molar-refractivity contribution in [1.29, 1.82) is 0 Å². The Bertz CT molecular complexity index is 6380. The summed E-state index contributed by atoms with van der Waals surface area (Å²) in [5.41, 5.74) is 67.0. The van der Waals surface area contributed by atoms with Gasteiger partial charge in [0, 0.05) is 208 Å². The van der Waals surface area contributed by atoms with Crippen LogP contribution in [0.1, 0.15) is 219 Å². The summed E-state index contributed by atoms with van der Waals surface area (Å²) in [6, 6.07) is 17.2. The van der Waals surface area contributed by atoms with E-state index in [9.17, 15) is 0 Å². The third kappa shape index (κ3) is 14.4. The molecule has 0 unspecified atom stereocenters. The van der Waals surface area contributed by atoms with Gasteiger partial charge in [-0.05, 0) is 360 Å². The molecule has 116 heavy (non-hydrogen) atoms. The maximum atomic E-state index is 4.65. The predicted molar refractivity (Wildman–Crippen MR) is 470 cm³/mol. The standard InChI is InChI=1S/4C15H16N2.3C14H14N2/c1-8-6-17-13-5-12-7-16-11(4)10(3)14(12)15(13)9(8)2;1-8-5-13-14(16-7-8)6-12-11(4)17-10(3)9(2)15(12)13;1-8-5-6-16-13-7-12-11(4)17-10(3)9(2)15(12)14(8)13;1-8-5-6-12-14(16-8)7-13-11(4)17-10(3)9(2)15(12)13;1-8-4-12-13(16-6-8)5-11-7-15-10(3)9(2)14(11)12;1-8-4-5-15-12-6-11-7-16-10(3)9(2)14(11)13(8)12;1-8-4-5-12-13(16-8)6-11-7-15-10(3)9(2)14(11)12/h6-7H,5H2,1-4H3;5,7H,6H2,1-4H3;2*5-6H,7H2,1-4H3;4,6-7H,5H2,1-3H3;2*4-5,7H,6H2,1-3H3. The van der Waals surface area contributed by atoms with E-state index in [1.807, 2.05) is 69.6 Å². The molecule has 14 aromatic heterocycles. The molecule has 0 bridgehead atoms. The number of hydrogen-bond acceptors (Lipinski definition) is 14. The van der Waals surface area contributed by atoms with Crippen LogP contribution < -0.4 is 0 Å². The third-order valence-electron chi connectivity index (χ3n) is 25.5. The Labute approximate surface area is 685 Å². The highest BCUT2D eigenvalue weighted by Gasteiger charge is 2.32. The van der Waals surface area contributed by atoms with Crippen LogP contribution in [0.4, 0.5) is 0 Å². The maximum absolute atomic E-state index is 4.65. The van der Waals surface area contributed by atoms with E-state index in [1.54, 1.807) is 0 Å². The third-order valence-corrected chi connectivity index (χ3v) is 25.5. The minimum Gasteiger partial charge on any atom is -0.261 e. The molecule has 0 saturated carbocycles. The predicted octanol–water partition coefficient (Wildman–Crippen LogP) is 22.0. The summed E-state index contributed by atoms with van der Waals surface area (Å²) in [5, 5.41) is 0. The fraction of sp³-hybridized carbons (Fsp3) is 0.314. The van der Waals surface area contributed by atoms with Gasteiger partial charge in [-0.1, -0.05) is 12.1 Å². The van der Waals surface area contributed by atoms with Gasteiger partial charge in [-0.2, -0.15) is 0 Å². The second-order valence-corrected chi connectivity index (χ2v) is 33.2. The van der Waals surface area contributed by atoms with E-state index in [2.05, 4.69) is 278 Å². The largest absolute Gasteiger partial charge is 0.261 e. The molecule has 14 heterocycles. The molecule has 0 spiro atoms. The van der Waals surface area contributed by atoms with E-state index >= 15 is 0 Å². The van der Waals surface area contributed by atoms with E-state index in [1.165, 1.54) is 229 Å². The van der Waals surface area contributed by atoms with Crippen LogP contribution in [0.25, 0.3) is 77.9 Å². The molecular formula is C102H106N14. The lowest BCUT2D eigenvalue weighted by molar-refractivity contribution is 1.02. The number of rotatable bonds is 0. The molecule has 7 aliphatic rings. The van der Waals surface area contributed by atoms with Gasteiger partial charge >= 0.3 is 0 Å². The average molecular weight is 1530 g/mol. The Morgan fingerprint density at radius 3 is 1.01 bits per heavy atom. The molecule has 584 valence electrons. The minimum absolute atomic E-state index is 0.930. The summed E-state index contributed by atoms with van der Waals surface area (Å²) in [7, 11) is 0. The molecule has 0 N–H and O–H groups in total. The monoisotopic (exact) mass is 1530 g/mol. The summed E-state index contributed by atoms with van der Waals surface area (Å²) < 4.78 is 0. The van der Waals surface area contributed by atoms with Crippen LogP contribution in [-0.2, 0) is 44.9 Å². The van der Waals surface area contributed by atoms with Crippen LogP contribution in [0.2, 0.25) is 0 Å². The number of pyridine rings is 14. The fourth-order valence-electron chi connectivity index (χ4n) is 18.2. The van der Waals surface area contributed by atoms with Gasteiger partial charge in [0.25, 0.3) is 0 Å². The van der Waals surface area contributed by atoms with Gasteiger partial charge in [0.2, 0.25) is 0 Å². The molecular weight excluding hydrogens is 1420 g/mol. The van der Waals surface area contributed by atoms with Gasteiger partial charge in [-0.3, -0.25) is 69.8 Å². The van der Waals surface area contributed by atoms with Gasteiger partial charge in [0.15, 0.2) is 0 Å². The quantitative estimate of drug-likeness (QED) is 0.140. The number of aryl methyl sites for hydroxylation is 17. The Hall–Kier alpha value is -11.9. The molecule has 0 fully saturated rings. The van der Waals surface area contributed by atoms with E-state index in [-0.39, 0.29) is 0 Å². The maximum Gasteiger partial charge on any atom is 0.0529 e. The zero-order chi connectivity index (χ0) is 82.5. The number of aromatic nitrogens is 14. The van der Waals surface area contributed by atoms with Gasteiger partial charge < -0.3 is 0 Å². The Balaban J connectivity index is 0.000000106. The zero-order valence-corrected chi connectivity index (χ0v) is 72.5. The van der Waals surface area contributed by atoms with E-state index < -0.39 is 0 Å². The first-order valence-corrected chi connectivity index (χ1v) is 40.8. The molecule has 0 radical (unpaired) electrons. The van der Waals surface area contributed by atoms with Crippen LogP contribution in [0.5, 0.6) is 0 Å². The van der Waals surface area contributed by atoms with Crippen LogP contribution in [-0.4, -0.2) is 69.8 Å². The van der Waals surface area contributed by atoms with Crippen molar-refractivity contribution in [2.45, 2.75) is 218 Å². The van der Waals surface area contributed by atoms with Crippen LogP contribution >= 0.6 is 0 Å². The number of nitrogens with zero attached hydrogens (tertiary/aromatic N) is 14. The van der Waals surface area contributed by atoms with Crippen LogP contribution in [0.3, 0.4) is 0 Å². The molecule has 0 saturated heterocycles. The van der Waals surface area contributed by atoms with Crippen molar-refractivity contribution in [3.8, 4) is 77.9 Å². The second kappa shape index (κ2) is 31.4. The topological polar surface area (TPSA) is 180 Å². The second-order valence-electron chi connectivity index (χ2n) is 33.2. The van der Waals surface area contributed by atoms with Crippen LogP contribution in [0.15, 0.2) is 104 Å². The molecule has 0 aliphatic heterocycles. The highest BCUT2D eigenvalue weighted by atomic mass is 14.8. The van der Waals surface area contributed by atoms with Crippen molar-refractivity contribution in [3.63, 3.8) is 0 Å². The average Bonchev–Trinajstić information content (AvgIpc) is 1.50. The van der Waals surface area contributed by atoms with E-state index in [0.717, 1.165) is 113 Å². The molecule has 0 atom stereocenters. The van der Waals surface area contributed by atoms with Crippen molar-refractivity contribution >= 4 is 0 Å². The van der Waals surface area contributed by atoms with E-state index in [4.69, 9.17) is 0 Å². The molecule has 14 nitrogen and oxygen atoms in total. The van der Waals surface area contributed by atoms with Gasteiger partial charge in [-0.15, -0.1) is 0 Å². The zero-order valence-electron chi connectivity index (χ0n) is 72.5. The van der Waals surface area contributed by atoms with Crippen molar-refractivity contribution < 1.29 is 0 Å². The minimum atomic E-state index is 0.930.